The molecule has 0 spiro atoms. The topological polar surface area (TPSA) is 152 Å². The monoisotopic (exact) mass is 638 g/mol. The molecule has 250 valence electrons. The first-order valence-corrected chi connectivity index (χ1v) is 15.5. The Morgan fingerprint density at radius 2 is 1.72 bits per heavy atom. The highest BCUT2D eigenvalue weighted by molar-refractivity contribution is 6.03. The van der Waals surface area contributed by atoms with E-state index in [2.05, 4.69) is 63.4 Å². The van der Waals surface area contributed by atoms with Gasteiger partial charge in [0.25, 0.3) is 17.8 Å². The summed E-state index contributed by atoms with van der Waals surface area (Å²) in [5, 5.41) is 13.4. The van der Waals surface area contributed by atoms with Crippen LogP contribution in [0.4, 0.5) is 11.6 Å². The minimum Gasteiger partial charge on any atom is -0.481 e. The largest absolute Gasteiger partial charge is 0.481 e. The number of furan rings is 1. The van der Waals surface area contributed by atoms with Crippen molar-refractivity contribution in [3.8, 4) is 23.5 Å². The Morgan fingerprint density at radius 1 is 1.07 bits per heavy atom. The minimum atomic E-state index is -0.833. The molecule has 1 saturated heterocycles. The number of benzene rings is 1. The number of piperazine rings is 1. The lowest BCUT2D eigenvalue weighted by Crippen LogP contribution is -2.44. The van der Waals surface area contributed by atoms with Crippen LogP contribution in [0.1, 0.15) is 60.9 Å². The molecule has 0 bridgehead atoms. The van der Waals surface area contributed by atoms with Crippen LogP contribution < -0.4 is 24.8 Å². The van der Waals surface area contributed by atoms with E-state index < -0.39 is 11.9 Å². The highest BCUT2D eigenvalue weighted by Crippen LogP contribution is 2.42. The number of carboxylic acids is 1. The van der Waals surface area contributed by atoms with Crippen molar-refractivity contribution in [2.75, 3.05) is 71.2 Å². The van der Waals surface area contributed by atoms with Gasteiger partial charge >= 0.3 is 0 Å². The zero-order chi connectivity index (χ0) is 33.4. The number of carboxylic acid groups (broad SMARTS) is 1. The Hall–Kier alpha value is -4.36. The predicted octanol–water partition coefficient (Wildman–Crippen LogP) is 4.80. The third-order valence-electron chi connectivity index (χ3n) is 8.16. The fraction of sp³-hybridized carbons (Fsp3) is 0.515. The molecule has 3 N–H and O–H groups in total. The maximum atomic E-state index is 13.1. The van der Waals surface area contributed by atoms with Gasteiger partial charge in [-0.3, -0.25) is 9.59 Å². The van der Waals surface area contributed by atoms with Crippen molar-refractivity contribution >= 4 is 23.5 Å². The predicted molar refractivity (Wildman–Crippen MR) is 175 cm³/mol. The lowest BCUT2D eigenvalue weighted by Gasteiger charge is -2.32. The van der Waals surface area contributed by atoms with Crippen LogP contribution in [0.25, 0.3) is 0 Å². The Balaban J connectivity index is 0.00000113. The summed E-state index contributed by atoms with van der Waals surface area (Å²) in [6, 6.07) is 7.47. The van der Waals surface area contributed by atoms with Crippen LogP contribution in [0.3, 0.4) is 0 Å². The number of aryl methyl sites for hydroxylation is 2. The number of carbonyl (C=O) groups excluding carboxylic acids is 1. The Kier molecular flexibility index (Phi) is 11.5. The molecule has 1 amide bonds. The molecular formula is C33H46N6O7. The van der Waals surface area contributed by atoms with Gasteiger partial charge in [0.15, 0.2) is 11.4 Å². The van der Waals surface area contributed by atoms with Crippen LogP contribution in [0.2, 0.25) is 0 Å². The van der Waals surface area contributed by atoms with Gasteiger partial charge in [-0.05, 0) is 74.0 Å². The zero-order valence-corrected chi connectivity index (χ0v) is 27.9. The number of hydrogen-bond donors (Lipinski definition) is 3. The van der Waals surface area contributed by atoms with Crippen LogP contribution in [-0.2, 0) is 16.6 Å². The number of rotatable bonds is 11. The van der Waals surface area contributed by atoms with E-state index in [1.54, 1.807) is 12.1 Å². The number of fused-ring (bicyclic) bond motifs is 1. The SMILES string of the molecule is CC(=O)O.COc1nc(NCCCN2CCN(C)CC2)nc(OC)c1NC(=O)c1ccc(Oc2cc3c(cc2C)CCC3(C)C)o1. The Bertz CT molecular complexity index is 1490. The number of aliphatic carboxylic acids is 1. The molecular weight excluding hydrogens is 592 g/mol. The molecule has 13 nitrogen and oxygen atoms in total. The number of methoxy groups -OCH3 is 2. The summed E-state index contributed by atoms with van der Waals surface area (Å²) >= 11 is 0. The molecule has 3 heterocycles. The van der Waals surface area contributed by atoms with E-state index in [9.17, 15) is 4.79 Å². The summed E-state index contributed by atoms with van der Waals surface area (Å²) in [6.07, 6.45) is 3.13. The van der Waals surface area contributed by atoms with Gasteiger partial charge in [0.1, 0.15) is 5.75 Å². The Labute approximate surface area is 270 Å². The summed E-state index contributed by atoms with van der Waals surface area (Å²) < 4.78 is 22.8. The summed E-state index contributed by atoms with van der Waals surface area (Å²) in [5.41, 5.74) is 3.99. The number of nitrogens with one attached hydrogen (secondary N) is 2. The minimum absolute atomic E-state index is 0.0688. The van der Waals surface area contributed by atoms with Gasteiger partial charge in [-0.1, -0.05) is 19.9 Å². The van der Waals surface area contributed by atoms with Crippen molar-refractivity contribution < 1.29 is 33.3 Å². The van der Waals surface area contributed by atoms with Gasteiger partial charge < -0.3 is 44.2 Å². The molecule has 2 aromatic heterocycles. The summed E-state index contributed by atoms with van der Waals surface area (Å²) in [4.78, 5) is 35.8. The zero-order valence-electron chi connectivity index (χ0n) is 27.9. The van der Waals surface area contributed by atoms with Crippen LogP contribution >= 0.6 is 0 Å². The standard InChI is InChI=1S/C31H42N6O5.C2H4O2/c1-20-18-21-10-11-31(2,3)22(21)19-24(20)42-25-9-8-23(41-25)27(38)33-26-28(39-5)34-30(35-29(26)40-6)32-12-7-13-37-16-14-36(4)15-17-37;1-2(3)4/h8-9,18-19H,7,10-17H2,1-6H3,(H,33,38)(H,32,34,35);1H3,(H,3,4). The highest BCUT2D eigenvalue weighted by atomic mass is 16.6. The normalized spacial score (nSPS) is 15.7. The average molecular weight is 639 g/mol. The second-order valence-electron chi connectivity index (χ2n) is 12.2. The van der Waals surface area contributed by atoms with Crippen molar-refractivity contribution in [3.05, 3.63) is 46.7 Å². The number of hydrogen-bond acceptors (Lipinski definition) is 11. The fourth-order valence-corrected chi connectivity index (χ4v) is 5.53. The summed E-state index contributed by atoms with van der Waals surface area (Å²) in [6.45, 7) is 13.6. The quantitative estimate of drug-likeness (QED) is 0.247. The molecule has 1 aliphatic carbocycles. The molecule has 0 unspecified atom stereocenters. The van der Waals surface area contributed by atoms with Crippen LogP contribution in [0.15, 0.2) is 28.7 Å². The first kappa shape index (κ1) is 34.5. The van der Waals surface area contributed by atoms with E-state index in [0.717, 1.165) is 64.5 Å². The van der Waals surface area contributed by atoms with Crippen LogP contribution in [0.5, 0.6) is 23.5 Å². The van der Waals surface area contributed by atoms with Gasteiger partial charge in [-0.15, -0.1) is 0 Å². The molecule has 5 rings (SSSR count). The third-order valence-corrected chi connectivity index (χ3v) is 8.16. The number of nitrogens with zero attached hydrogens (tertiary/aromatic N) is 4. The van der Waals surface area contributed by atoms with E-state index in [4.69, 9.17) is 28.5 Å². The number of carbonyl (C=O) groups is 2. The van der Waals surface area contributed by atoms with E-state index >= 15 is 0 Å². The first-order valence-electron chi connectivity index (χ1n) is 15.5. The number of aromatic nitrogens is 2. The van der Waals surface area contributed by atoms with Crippen molar-refractivity contribution in [2.45, 2.75) is 52.4 Å². The number of anilines is 2. The molecule has 2 aliphatic rings. The lowest BCUT2D eigenvalue weighted by atomic mass is 9.86. The molecule has 0 saturated carbocycles. The second kappa shape index (κ2) is 15.3. The van der Waals surface area contributed by atoms with E-state index in [1.807, 2.05) is 6.92 Å². The van der Waals surface area contributed by atoms with Crippen LogP contribution in [-0.4, -0.2) is 97.3 Å². The van der Waals surface area contributed by atoms with E-state index in [1.165, 1.54) is 25.3 Å². The highest BCUT2D eigenvalue weighted by Gasteiger charge is 2.31. The van der Waals surface area contributed by atoms with Gasteiger partial charge in [0.2, 0.25) is 17.7 Å². The fourth-order valence-electron chi connectivity index (χ4n) is 5.53. The summed E-state index contributed by atoms with van der Waals surface area (Å²) in [5.74, 6) is 0.386. The second-order valence-corrected chi connectivity index (χ2v) is 12.2. The number of ether oxygens (including phenoxy) is 3. The van der Waals surface area contributed by atoms with Crippen molar-refractivity contribution in [2.24, 2.45) is 0 Å². The number of amides is 1. The summed E-state index contributed by atoms with van der Waals surface area (Å²) in [7, 11) is 5.11. The molecule has 3 aromatic rings. The Morgan fingerprint density at radius 3 is 2.35 bits per heavy atom. The third kappa shape index (κ3) is 8.88. The molecule has 1 aliphatic heterocycles. The number of likely N-dealkylation sites (N-methyl/N-ethyl adjacent to an activating group) is 1. The molecule has 0 radical (unpaired) electrons. The molecule has 46 heavy (non-hydrogen) atoms. The van der Waals surface area contributed by atoms with Crippen molar-refractivity contribution in [1.29, 1.82) is 0 Å². The van der Waals surface area contributed by atoms with Gasteiger partial charge in [-0.25, -0.2) is 0 Å². The molecule has 0 atom stereocenters. The van der Waals surface area contributed by atoms with Crippen LogP contribution in [0, 0.1) is 6.92 Å². The van der Waals surface area contributed by atoms with Gasteiger partial charge in [0, 0.05) is 45.7 Å². The van der Waals surface area contributed by atoms with E-state index in [0.29, 0.717) is 18.2 Å². The molecule has 1 fully saturated rings. The molecule has 1 aromatic carbocycles. The average Bonchev–Trinajstić information content (AvgIpc) is 3.60. The maximum absolute atomic E-state index is 13.1. The maximum Gasteiger partial charge on any atom is 0.300 e. The van der Waals surface area contributed by atoms with E-state index in [-0.39, 0.29) is 34.6 Å². The first-order chi connectivity index (χ1) is 21.9. The van der Waals surface area contributed by atoms with Gasteiger partial charge in [-0.2, -0.15) is 9.97 Å². The smallest absolute Gasteiger partial charge is 0.300 e. The van der Waals surface area contributed by atoms with Gasteiger partial charge in [0.05, 0.1) is 14.2 Å². The van der Waals surface area contributed by atoms with Crippen molar-refractivity contribution in [1.82, 2.24) is 19.8 Å². The molecule has 13 heteroatoms. The van der Waals surface area contributed by atoms with Crippen molar-refractivity contribution in [3.63, 3.8) is 0 Å². The lowest BCUT2D eigenvalue weighted by molar-refractivity contribution is -0.134.